The summed E-state index contributed by atoms with van der Waals surface area (Å²) in [5.41, 5.74) is 3.50. The normalized spacial score (nSPS) is 22.0. The fourth-order valence-corrected chi connectivity index (χ4v) is 3.75. The van der Waals surface area contributed by atoms with Crippen molar-refractivity contribution in [2.75, 3.05) is 20.7 Å². The molecular formula is C18H22ClNO2. The lowest BCUT2D eigenvalue weighted by Gasteiger charge is -2.26. The van der Waals surface area contributed by atoms with Crippen LogP contribution in [-0.4, -0.2) is 31.5 Å². The Morgan fingerprint density at radius 3 is 2.77 bits per heavy atom. The highest BCUT2D eigenvalue weighted by atomic mass is 35.5. The van der Waals surface area contributed by atoms with Gasteiger partial charge in [0.25, 0.3) is 0 Å². The molecule has 1 amide bonds. The number of halogens is 1. The van der Waals surface area contributed by atoms with E-state index in [-0.39, 0.29) is 11.8 Å². The highest BCUT2D eigenvalue weighted by Gasteiger charge is 2.33. The molecule has 1 aromatic rings. The Labute approximate surface area is 136 Å². The first-order chi connectivity index (χ1) is 10.6. The standard InChI is InChI=1S/C18H22ClNO2/c1-20-9-8-13-10-15(19)16(22-2)11-14(13)17(18(20)21)12-6-4-3-5-7-12/h6,10-11,17H,3-5,7-9H2,1-2H3. The fourth-order valence-electron chi connectivity index (χ4n) is 3.49. The van der Waals surface area contributed by atoms with E-state index in [1.54, 1.807) is 7.11 Å². The largest absolute Gasteiger partial charge is 0.495 e. The maximum Gasteiger partial charge on any atom is 0.233 e. The van der Waals surface area contributed by atoms with Gasteiger partial charge in [-0.2, -0.15) is 0 Å². The number of hydrogen-bond donors (Lipinski definition) is 0. The Hall–Kier alpha value is -1.48. The summed E-state index contributed by atoms with van der Waals surface area (Å²) in [7, 11) is 3.51. The van der Waals surface area contributed by atoms with Gasteiger partial charge in [0.15, 0.2) is 0 Å². The summed E-state index contributed by atoms with van der Waals surface area (Å²) < 4.78 is 5.37. The molecule has 0 saturated heterocycles. The quantitative estimate of drug-likeness (QED) is 0.773. The highest BCUT2D eigenvalue weighted by molar-refractivity contribution is 6.32. The molecule has 1 atom stereocenters. The van der Waals surface area contributed by atoms with Gasteiger partial charge in [0.1, 0.15) is 5.75 Å². The van der Waals surface area contributed by atoms with E-state index in [4.69, 9.17) is 16.3 Å². The lowest BCUT2D eigenvalue weighted by molar-refractivity contribution is -0.130. The van der Waals surface area contributed by atoms with E-state index in [9.17, 15) is 4.79 Å². The van der Waals surface area contributed by atoms with E-state index < -0.39 is 0 Å². The number of methoxy groups -OCH3 is 1. The number of allylic oxidation sites excluding steroid dienone is 1. The molecule has 2 aliphatic rings. The number of nitrogens with zero attached hydrogens (tertiary/aromatic N) is 1. The zero-order chi connectivity index (χ0) is 15.7. The van der Waals surface area contributed by atoms with Gasteiger partial charge in [-0.3, -0.25) is 4.79 Å². The Morgan fingerprint density at radius 2 is 2.09 bits per heavy atom. The number of rotatable bonds is 2. The summed E-state index contributed by atoms with van der Waals surface area (Å²) in [6.45, 7) is 0.734. The van der Waals surface area contributed by atoms with Crippen LogP contribution in [0.2, 0.25) is 5.02 Å². The van der Waals surface area contributed by atoms with Crippen molar-refractivity contribution in [1.29, 1.82) is 0 Å². The molecule has 1 aromatic carbocycles. The van der Waals surface area contributed by atoms with Gasteiger partial charge in [0.05, 0.1) is 18.1 Å². The number of amides is 1. The molecule has 118 valence electrons. The average molecular weight is 320 g/mol. The summed E-state index contributed by atoms with van der Waals surface area (Å²) in [5.74, 6) is 0.671. The molecule has 1 unspecified atom stereocenters. The van der Waals surface area contributed by atoms with Crippen LogP contribution < -0.4 is 4.74 Å². The molecule has 0 spiro atoms. The van der Waals surface area contributed by atoms with E-state index >= 15 is 0 Å². The van der Waals surface area contributed by atoms with Crippen LogP contribution in [-0.2, 0) is 11.2 Å². The lowest BCUT2D eigenvalue weighted by atomic mass is 9.82. The predicted molar refractivity (Wildman–Crippen MR) is 88.6 cm³/mol. The van der Waals surface area contributed by atoms with Crippen molar-refractivity contribution in [3.8, 4) is 5.75 Å². The maximum atomic E-state index is 12.9. The molecule has 0 saturated carbocycles. The van der Waals surface area contributed by atoms with Gasteiger partial charge in [-0.05, 0) is 55.4 Å². The minimum Gasteiger partial charge on any atom is -0.495 e. The van der Waals surface area contributed by atoms with E-state index in [0.717, 1.165) is 31.4 Å². The van der Waals surface area contributed by atoms with Gasteiger partial charge in [-0.1, -0.05) is 23.3 Å². The first-order valence-corrected chi connectivity index (χ1v) is 8.30. The second kappa shape index (κ2) is 6.33. The van der Waals surface area contributed by atoms with Crippen LogP contribution in [0.4, 0.5) is 0 Å². The minimum absolute atomic E-state index is 0.172. The second-order valence-electron chi connectivity index (χ2n) is 6.15. The van der Waals surface area contributed by atoms with Crippen LogP contribution in [0, 0.1) is 0 Å². The van der Waals surface area contributed by atoms with Crippen LogP contribution in [0.15, 0.2) is 23.8 Å². The van der Waals surface area contributed by atoms with E-state index in [2.05, 4.69) is 6.08 Å². The molecule has 0 radical (unpaired) electrons. The number of ether oxygens (including phenoxy) is 1. The van der Waals surface area contributed by atoms with Crippen LogP contribution in [0.25, 0.3) is 0 Å². The molecule has 22 heavy (non-hydrogen) atoms. The first-order valence-electron chi connectivity index (χ1n) is 7.92. The SMILES string of the molecule is COc1cc2c(cc1Cl)CCN(C)C(=O)C2C1=CCCCC1. The zero-order valence-corrected chi connectivity index (χ0v) is 13.9. The van der Waals surface area contributed by atoms with Gasteiger partial charge in [0, 0.05) is 13.6 Å². The summed E-state index contributed by atoms with van der Waals surface area (Å²) in [4.78, 5) is 14.8. The van der Waals surface area contributed by atoms with Crippen molar-refractivity contribution in [2.45, 2.75) is 38.0 Å². The second-order valence-corrected chi connectivity index (χ2v) is 6.56. The minimum atomic E-state index is -0.172. The van der Waals surface area contributed by atoms with Gasteiger partial charge >= 0.3 is 0 Å². The molecule has 1 aliphatic carbocycles. The molecule has 0 N–H and O–H groups in total. The zero-order valence-electron chi connectivity index (χ0n) is 13.2. The monoisotopic (exact) mass is 319 g/mol. The summed E-state index contributed by atoms with van der Waals surface area (Å²) in [6.07, 6.45) is 7.56. The first kappa shape index (κ1) is 15.4. The van der Waals surface area contributed by atoms with Crippen molar-refractivity contribution in [3.05, 3.63) is 39.9 Å². The topological polar surface area (TPSA) is 29.5 Å². The molecule has 0 fully saturated rings. The van der Waals surface area contributed by atoms with Crippen LogP contribution in [0.1, 0.15) is 42.7 Å². The number of hydrogen-bond acceptors (Lipinski definition) is 2. The average Bonchev–Trinajstić information content (AvgIpc) is 2.65. The molecule has 3 nitrogen and oxygen atoms in total. The Kier molecular flexibility index (Phi) is 4.44. The molecule has 4 heteroatoms. The number of benzene rings is 1. The van der Waals surface area contributed by atoms with Crippen LogP contribution in [0.5, 0.6) is 5.75 Å². The smallest absolute Gasteiger partial charge is 0.233 e. The number of fused-ring (bicyclic) bond motifs is 1. The maximum absolute atomic E-state index is 12.9. The highest BCUT2D eigenvalue weighted by Crippen LogP contribution is 2.40. The lowest BCUT2D eigenvalue weighted by Crippen LogP contribution is -2.32. The van der Waals surface area contributed by atoms with Crippen LogP contribution >= 0.6 is 11.6 Å². The molecule has 0 aromatic heterocycles. The third-order valence-corrected chi connectivity index (χ3v) is 5.06. The third-order valence-electron chi connectivity index (χ3n) is 4.76. The van der Waals surface area contributed by atoms with Crippen LogP contribution in [0.3, 0.4) is 0 Å². The summed E-state index contributed by atoms with van der Waals surface area (Å²) in [5, 5.41) is 0.620. The van der Waals surface area contributed by atoms with Crippen molar-refractivity contribution >= 4 is 17.5 Å². The summed E-state index contributed by atoms with van der Waals surface area (Å²) >= 11 is 6.28. The summed E-state index contributed by atoms with van der Waals surface area (Å²) in [6, 6.07) is 3.94. The predicted octanol–water partition coefficient (Wildman–Crippen LogP) is 3.95. The third kappa shape index (κ3) is 2.74. The number of carbonyl (C=O) groups is 1. The van der Waals surface area contributed by atoms with E-state index in [1.165, 1.54) is 24.0 Å². The molecular weight excluding hydrogens is 298 g/mol. The van der Waals surface area contributed by atoms with Gasteiger partial charge < -0.3 is 9.64 Å². The van der Waals surface area contributed by atoms with Gasteiger partial charge in [-0.25, -0.2) is 0 Å². The Morgan fingerprint density at radius 1 is 1.27 bits per heavy atom. The molecule has 1 heterocycles. The van der Waals surface area contributed by atoms with Crippen molar-refractivity contribution < 1.29 is 9.53 Å². The number of likely N-dealkylation sites (N-methyl/N-ethyl adjacent to an activating group) is 1. The fraction of sp³-hybridized carbons (Fsp3) is 0.500. The number of carbonyl (C=O) groups excluding carboxylic acids is 1. The van der Waals surface area contributed by atoms with Crippen molar-refractivity contribution in [1.82, 2.24) is 4.90 Å². The van der Waals surface area contributed by atoms with Crippen molar-refractivity contribution in [3.63, 3.8) is 0 Å². The Bertz CT molecular complexity index is 624. The molecule has 1 aliphatic heterocycles. The molecule has 0 bridgehead atoms. The Balaban J connectivity index is 2.13. The van der Waals surface area contributed by atoms with Crippen molar-refractivity contribution in [2.24, 2.45) is 0 Å². The molecule has 3 rings (SSSR count). The van der Waals surface area contributed by atoms with E-state index in [0.29, 0.717) is 10.8 Å². The van der Waals surface area contributed by atoms with Gasteiger partial charge in [-0.15, -0.1) is 0 Å². The van der Waals surface area contributed by atoms with E-state index in [1.807, 2.05) is 24.1 Å². The van der Waals surface area contributed by atoms with Gasteiger partial charge in [0.2, 0.25) is 5.91 Å².